The highest BCUT2D eigenvalue weighted by Gasteiger charge is 2.07. The third-order valence-corrected chi connectivity index (χ3v) is 4.45. The first-order valence-electron chi connectivity index (χ1n) is 8.68. The summed E-state index contributed by atoms with van der Waals surface area (Å²) in [7, 11) is 0. The van der Waals surface area contributed by atoms with E-state index in [-0.39, 0.29) is 6.03 Å². The maximum absolute atomic E-state index is 12.1. The SMILES string of the molecule is CCN(CC)c1ccc(NC(=O)NCCc2ccc(Cl)cc2)c(C)c1. The minimum atomic E-state index is -0.187. The van der Waals surface area contributed by atoms with Crippen LogP contribution < -0.4 is 15.5 Å². The summed E-state index contributed by atoms with van der Waals surface area (Å²) in [6.45, 7) is 8.79. The van der Waals surface area contributed by atoms with Crippen LogP contribution in [0, 0.1) is 6.92 Å². The van der Waals surface area contributed by atoms with Crippen molar-refractivity contribution in [3.63, 3.8) is 0 Å². The summed E-state index contributed by atoms with van der Waals surface area (Å²) in [4.78, 5) is 14.4. The molecule has 0 radical (unpaired) electrons. The van der Waals surface area contributed by atoms with E-state index in [4.69, 9.17) is 11.6 Å². The number of anilines is 2. The molecule has 2 aromatic carbocycles. The highest BCUT2D eigenvalue weighted by atomic mass is 35.5. The van der Waals surface area contributed by atoms with Crippen LogP contribution in [0.1, 0.15) is 25.0 Å². The number of nitrogens with one attached hydrogen (secondary N) is 2. The lowest BCUT2D eigenvalue weighted by Crippen LogP contribution is -2.30. The summed E-state index contributed by atoms with van der Waals surface area (Å²) < 4.78 is 0. The van der Waals surface area contributed by atoms with E-state index >= 15 is 0 Å². The second-order valence-electron chi connectivity index (χ2n) is 5.93. The third-order valence-electron chi connectivity index (χ3n) is 4.20. The fourth-order valence-corrected chi connectivity index (χ4v) is 2.84. The highest BCUT2D eigenvalue weighted by Crippen LogP contribution is 2.22. The average Bonchev–Trinajstić information content (AvgIpc) is 2.60. The largest absolute Gasteiger partial charge is 0.372 e. The summed E-state index contributed by atoms with van der Waals surface area (Å²) >= 11 is 5.87. The Hall–Kier alpha value is -2.20. The van der Waals surface area contributed by atoms with Gasteiger partial charge in [0.2, 0.25) is 0 Å². The van der Waals surface area contributed by atoms with Crippen molar-refractivity contribution in [2.75, 3.05) is 29.9 Å². The van der Waals surface area contributed by atoms with Crippen molar-refractivity contribution in [1.82, 2.24) is 5.32 Å². The Balaban J connectivity index is 1.86. The van der Waals surface area contributed by atoms with E-state index in [0.29, 0.717) is 6.54 Å². The molecule has 0 unspecified atom stereocenters. The van der Waals surface area contributed by atoms with Crippen LogP contribution in [0.2, 0.25) is 5.02 Å². The van der Waals surface area contributed by atoms with Crippen LogP contribution in [-0.2, 0) is 6.42 Å². The molecule has 25 heavy (non-hydrogen) atoms. The van der Waals surface area contributed by atoms with E-state index in [1.165, 1.54) is 5.69 Å². The third kappa shape index (κ3) is 5.68. The van der Waals surface area contributed by atoms with Gasteiger partial charge in [0.1, 0.15) is 0 Å². The number of hydrogen-bond acceptors (Lipinski definition) is 2. The minimum absolute atomic E-state index is 0.187. The van der Waals surface area contributed by atoms with Crippen LogP contribution in [0.25, 0.3) is 0 Å². The van der Waals surface area contributed by atoms with Crippen LogP contribution in [0.15, 0.2) is 42.5 Å². The van der Waals surface area contributed by atoms with E-state index in [9.17, 15) is 4.79 Å². The van der Waals surface area contributed by atoms with Crippen molar-refractivity contribution in [2.24, 2.45) is 0 Å². The molecule has 0 atom stereocenters. The molecule has 0 saturated heterocycles. The molecule has 0 heterocycles. The first-order chi connectivity index (χ1) is 12.0. The van der Waals surface area contributed by atoms with E-state index in [0.717, 1.165) is 41.3 Å². The molecule has 2 aromatic rings. The van der Waals surface area contributed by atoms with Crippen molar-refractivity contribution >= 4 is 29.0 Å². The monoisotopic (exact) mass is 359 g/mol. The molecule has 0 aliphatic rings. The standard InChI is InChI=1S/C20H26ClN3O/c1-4-24(5-2)18-10-11-19(15(3)14-18)23-20(25)22-13-12-16-6-8-17(21)9-7-16/h6-11,14H,4-5,12-13H2,1-3H3,(H2,22,23,25). The maximum atomic E-state index is 12.1. The van der Waals surface area contributed by atoms with Gasteiger partial charge < -0.3 is 15.5 Å². The zero-order chi connectivity index (χ0) is 18.2. The molecule has 0 fully saturated rings. The van der Waals surface area contributed by atoms with Crippen molar-refractivity contribution < 1.29 is 4.79 Å². The van der Waals surface area contributed by atoms with Gasteiger partial charge in [0.25, 0.3) is 0 Å². The normalized spacial score (nSPS) is 10.4. The molecule has 0 spiro atoms. The Morgan fingerprint density at radius 1 is 1.08 bits per heavy atom. The van der Waals surface area contributed by atoms with Crippen LogP contribution in [0.5, 0.6) is 0 Å². The van der Waals surface area contributed by atoms with E-state index in [1.54, 1.807) is 0 Å². The molecule has 2 rings (SSSR count). The highest BCUT2D eigenvalue weighted by molar-refractivity contribution is 6.30. The lowest BCUT2D eigenvalue weighted by atomic mass is 10.1. The van der Waals surface area contributed by atoms with Gasteiger partial charge in [-0.1, -0.05) is 23.7 Å². The Labute approximate surface area is 155 Å². The van der Waals surface area contributed by atoms with Crippen molar-refractivity contribution in [3.05, 3.63) is 58.6 Å². The molecular weight excluding hydrogens is 334 g/mol. The van der Waals surface area contributed by atoms with Gasteiger partial charge >= 0.3 is 6.03 Å². The van der Waals surface area contributed by atoms with Crippen molar-refractivity contribution in [3.8, 4) is 0 Å². The molecule has 0 saturated carbocycles. The first kappa shape index (κ1) is 19.1. The fourth-order valence-electron chi connectivity index (χ4n) is 2.71. The topological polar surface area (TPSA) is 44.4 Å². The number of amides is 2. The summed E-state index contributed by atoms with van der Waals surface area (Å²) in [5, 5.41) is 6.53. The summed E-state index contributed by atoms with van der Waals surface area (Å²) in [6, 6.07) is 13.6. The predicted octanol–water partition coefficient (Wildman–Crippen LogP) is 4.86. The van der Waals surface area contributed by atoms with E-state index < -0.39 is 0 Å². The van der Waals surface area contributed by atoms with Gasteiger partial charge in [-0.2, -0.15) is 0 Å². The van der Waals surface area contributed by atoms with Gasteiger partial charge in [0.15, 0.2) is 0 Å². The molecule has 2 N–H and O–H groups in total. The number of carbonyl (C=O) groups excluding carboxylic acids is 1. The first-order valence-corrected chi connectivity index (χ1v) is 9.06. The molecule has 0 aromatic heterocycles. The second kappa shape index (κ2) is 9.33. The number of hydrogen-bond donors (Lipinski definition) is 2. The summed E-state index contributed by atoms with van der Waals surface area (Å²) in [5.74, 6) is 0. The Morgan fingerprint density at radius 2 is 1.76 bits per heavy atom. The molecule has 0 aliphatic heterocycles. The van der Waals surface area contributed by atoms with Crippen molar-refractivity contribution in [1.29, 1.82) is 0 Å². The molecule has 134 valence electrons. The van der Waals surface area contributed by atoms with Crippen LogP contribution in [0.4, 0.5) is 16.2 Å². The quantitative estimate of drug-likeness (QED) is 0.741. The molecule has 5 heteroatoms. The number of nitrogens with zero attached hydrogens (tertiary/aromatic N) is 1. The molecule has 0 bridgehead atoms. The Bertz CT molecular complexity index is 697. The van der Waals surface area contributed by atoms with Gasteiger partial charge in [0.05, 0.1) is 0 Å². The zero-order valence-corrected chi connectivity index (χ0v) is 15.9. The van der Waals surface area contributed by atoms with E-state index in [1.807, 2.05) is 43.3 Å². The van der Waals surface area contributed by atoms with Gasteiger partial charge in [-0.05, 0) is 68.7 Å². The number of benzene rings is 2. The number of halogens is 1. The lowest BCUT2D eigenvalue weighted by molar-refractivity contribution is 0.252. The Kier molecular flexibility index (Phi) is 7.14. The summed E-state index contributed by atoms with van der Waals surface area (Å²) in [6.07, 6.45) is 0.768. The minimum Gasteiger partial charge on any atom is -0.372 e. The van der Waals surface area contributed by atoms with Crippen LogP contribution >= 0.6 is 11.6 Å². The smallest absolute Gasteiger partial charge is 0.319 e. The number of aryl methyl sites for hydroxylation is 1. The number of urea groups is 1. The van der Waals surface area contributed by atoms with Crippen molar-refractivity contribution in [2.45, 2.75) is 27.2 Å². The summed E-state index contributed by atoms with van der Waals surface area (Å²) in [5.41, 5.74) is 4.21. The number of rotatable bonds is 7. The lowest BCUT2D eigenvalue weighted by Gasteiger charge is -2.22. The molecule has 4 nitrogen and oxygen atoms in total. The van der Waals surface area contributed by atoms with Gasteiger partial charge in [-0.3, -0.25) is 0 Å². The zero-order valence-electron chi connectivity index (χ0n) is 15.1. The van der Waals surface area contributed by atoms with Crippen LogP contribution in [-0.4, -0.2) is 25.7 Å². The molecule has 0 aliphatic carbocycles. The Morgan fingerprint density at radius 3 is 2.36 bits per heavy atom. The van der Waals surface area contributed by atoms with Crippen LogP contribution in [0.3, 0.4) is 0 Å². The molecular formula is C20H26ClN3O. The van der Waals surface area contributed by atoms with Gasteiger partial charge in [0, 0.05) is 36.0 Å². The number of carbonyl (C=O) groups is 1. The van der Waals surface area contributed by atoms with Gasteiger partial charge in [-0.15, -0.1) is 0 Å². The average molecular weight is 360 g/mol. The fraction of sp³-hybridized carbons (Fsp3) is 0.350. The van der Waals surface area contributed by atoms with E-state index in [2.05, 4.69) is 35.4 Å². The maximum Gasteiger partial charge on any atom is 0.319 e. The molecule has 2 amide bonds. The van der Waals surface area contributed by atoms with Gasteiger partial charge in [-0.25, -0.2) is 4.79 Å². The predicted molar refractivity (Wildman–Crippen MR) is 107 cm³/mol. The second-order valence-corrected chi connectivity index (χ2v) is 6.37.